The Morgan fingerprint density at radius 3 is 2.85 bits per heavy atom. The van der Waals surface area contributed by atoms with Gasteiger partial charge in [0.15, 0.2) is 0 Å². The second kappa shape index (κ2) is 3.80. The molecule has 0 aromatic heterocycles. The molecule has 1 aromatic rings. The number of halogens is 1. The molecule has 0 heterocycles. The predicted molar refractivity (Wildman–Crippen MR) is 57.8 cm³/mol. The third-order valence-electron chi connectivity index (χ3n) is 2.21. The van der Waals surface area contributed by atoms with E-state index >= 15 is 0 Å². The Morgan fingerprint density at radius 1 is 1.23 bits per heavy atom. The van der Waals surface area contributed by atoms with Crippen LogP contribution < -0.4 is 0 Å². The van der Waals surface area contributed by atoms with E-state index in [4.69, 9.17) is 11.6 Å². The summed E-state index contributed by atoms with van der Waals surface area (Å²) in [4.78, 5) is 0. The van der Waals surface area contributed by atoms with E-state index in [9.17, 15) is 0 Å². The Hall–Kier alpha value is -1.01. The third-order valence-corrected chi connectivity index (χ3v) is 2.44. The summed E-state index contributed by atoms with van der Waals surface area (Å²) in [5.74, 6) is 0. The number of hydrogen-bond donors (Lipinski definition) is 0. The largest absolute Gasteiger partial charge is 0.0843 e. The maximum absolute atomic E-state index is 5.92. The van der Waals surface area contributed by atoms with Gasteiger partial charge >= 0.3 is 0 Å². The SMILES string of the molecule is Clc1cccc(C2=CC=CCC2)c1. The zero-order chi connectivity index (χ0) is 9.10. The zero-order valence-electron chi connectivity index (χ0n) is 7.33. The van der Waals surface area contributed by atoms with Crippen molar-refractivity contribution in [1.82, 2.24) is 0 Å². The lowest BCUT2D eigenvalue weighted by Crippen LogP contribution is -1.87. The van der Waals surface area contributed by atoms with Crippen molar-refractivity contribution in [3.05, 3.63) is 53.1 Å². The summed E-state index contributed by atoms with van der Waals surface area (Å²) in [6, 6.07) is 8.03. The van der Waals surface area contributed by atoms with Gasteiger partial charge in [0.05, 0.1) is 0 Å². The van der Waals surface area contributed by atoms with Gasteiger partial charge in [-0.25, -0.2) is 0 Å². The number of allylic oxidation sites excluding steroid dienone is 4. The minimum Gasteiger partial charge on any atom is -0.0843 e. The third kappa shape index (κ3) is 2.02. The van der Waals surface area contributed by atoms with Crippen LogP contribution in [-0.2, 0) is 0 Å². The van der Waals surface area contributed by atoms with Gasteiger partial charge in [-0.15, -0.1) is 0 Å². The van der Waals surface area contributed by atoms with Crippen molar-refractivity contribution in [1.29, 1.82) is 0 Å². The molecule has 1 heteroatoms. The molecule has 0 unspecified atom stereocenters. The van der Waals surface area contributed by atoms with Crippen molar-refractivity contribution < 1.29 is 0 Å². The van der Waals surface area contributed by atoms with Crippen molar-refractivity contribution >= 4 is 17.2 Å². The summed E-state index contributed by atoms with van der Waals surface area (Å²) in [5, 5.41) is 0.813. The maximum Gasteiger partial charge on any atom is 0.0412 e. The first-order chi connectivity index (χ1) is 6.36. The van der Waals surface area contributed by atoms with Gasteiger partial charge in [0.1, 0.15) is 0 Å². The van der Waals surface area contributed by atoms with E-state index in [-0.39, 0.29) is 0 Å². The monoisotopic (exact) mass is 190 g/mol. The van der Waals surface area contributed by atoms with E-state index in [1.165, 1.54) is 11.1 Å². The van der Waals surface area contributed by atoms with Gasteiger partial charge in [-0.2, -0.15) is 0 Å². The smallest absolute Gasteiger partial charge is 0.0412 e. The number of rotatable bonds is 1. The first-order valence-corrected chi connectivity index (χ1v) is 4.86. The molecule has 1 aliphatic rings. The number of hydrogen-bond acceptors (Lipinski definition) is 0. The molecule has 0 saturated heterocycles. The summed E-state index contributed by atoms with van der Waals surface area (Å²) < 4.78 is 0. The Morgan fingerprint density at radius 2 is 2.15 bits per heavy atom. The van der Waals surface area contributed by atoms with Crippen LogP contribution in [0.5, 0.6) is 0 Å². The van der Waals surface area contributed by atoms with Crippen LogP contribution in [0.2, 0.25) is 5.02 Å². The van der Waals surface area contributed by atoms with Gasteiger partial charge < -0.3 is 0 Å². The molecular formula is C12H11Cl. The fraction of sp³-hybridized carbons (Fsp3) is 0.167. The van der Waals surface area contributed by atoms with Gasteiger partial charge in [-0.05, 0) is 36.1 Å². The first-order valence-electron chi connectivity index (χ1n) is 4.48. The molecule has 1 aliphatic carbocycles. The Balaban J connectivity index is 2.34. The van der Waals surface area contributed by atoms with Gasteiger partial charge in [-0.3, -0.25) is 0 Å². The van der Waals surface area contributed by atoms with Gasteiger partial charge in [0, 0.05) is 5.02 Å². The lowest BCUT2D eigenvalue weighted by molar-refractivity contribution is 1.05. The van der Waals surface area contributed by atoms with Gasteiger partial charge in [-0.1, -0.05) is 42.0 Å². The lowest BCUT2D eigenvalue weighted by Gasteiger charge is -2.08. The quantitative estimate of drug-likeness (QED) is 0.626. The topological polar surface area (TPSA) is 0 Å². The van der Waals surface area contributed by atoms with E-state index < -0.39 is 0 Å². The summed E-state index contributed by atoms with van der Waals surface area (Å²) in [5.41, 5.74) is 2.63. The molecule has 0 aliphatic heterocycles. The molecule has 0 spiro atoms. The van der Waals surface area contributed by atoms with E-state index in [1.807, 2.05) is 18.2 Å². The van der Waals surface area contributed by atoms with Crippen molar-refractivity contribution in [2.24, 2.45) is 0 Å². The van der Waals surface area contributed by atoms with E-state index in [2.05, 4.69) is 24.3 Å². The van der Waals surface area contributed by atoms with Gasteiger partial charge in [0.25, 0.3) is 0 Å². The van der Waals surface area contributed by atoms with Crippen LogP contribution in [0.3, 0.4) is 0 Å². The highest BCUT2D eigenvalue weighted by Crippen LogP contribution is 2.25. The van der Waals surface area contributed by atoms with Crippen LogP contribution in [-0.4, -0.2) is 0 Å². The van der Waals surface area contributed by atoms with Crippen molar-refractivity contribution in [2.45, 2.75) is 12.8 Å². The second-order valence-corrected chi connectivity index (χ2v) is 3.61. The minimum absolute atomic E-state index is 0.813. The van der Waals surface area contributed by atoms with E-state index in [0.717, 1.165) is 17.9 Å². The molecule has 0 nitrogen and oxygen atoms in total. The molecule has 66 valence electrons. The molecule has 0 fully saturated rings. The van der Waals surface area contributed by atoms with Crippen LogP contribution in [0.1, 0.15) is 18.4 Å². The molecular weight excluding hydrogens is 180 g/mol. The molecule has 13 heavy (non-hydrogen) atoms. The normalized spacial score (nSPS) is 15.6. The van der Waals surface area contributed by atoms with Crippen molar-refractivity contribution in [2.75, 3.05) is 0 Å². The Bertz CT molecular complexity index is 361. The maximum atomic E-state index is 5.92. The fourth-order valence-corrected chi connectivity index (χ4v) is 1.72. The average Bonchev–Trinajstić information content (AvgIpc) is 2.19. The van der Waals surface area contributed by atoms with Crippen LogP contribution in [0.25, 0.3) is 5.57 Å². The molecule has 0 radical (unpaired) electrons. The van der Waals surface area contributed by atoms with Crippen molar-refractivity contribution in [3.63, 3.8) is 0 Å². The number of benzene rings is 1. The zero-order valence-corrected chi connectivity index (χ0v) is 8.09. The van der Waals surface area contributed by atoms with E-state index in [0.29, 0.717) is 0 Å². The minimum atomic E-state index is 0.813. The first kappa shape index (κ1) is 8.58. The molecule has 0 N–H and O–H groups in total. The highest BCUT2D eigenvalue weighted by atomic mass is 35.5. The molecule has 0 atom stereocenters. The average molecular weight is 191 g/mol. The summed E-state index contributed by atoms with van der Waals surface area (Å²) in [6.45, 7) is 0. The Labute approximate surface area is 83.5 Å². The van der Waals surface area contributed by atoms with Crippen LogP contribution in [0.4, 0.5) is 0 Å². The molecule has 0 amide bonds. The van der Waals surface area contributed by atoms with E-state index in [1.54, 1.807) is 0 Å². The highest BCUT2D eigenvalue weighted by molar-refractivity contribution is 6.30. The molecule has 0 saturated carbocycles. The van der Waals surface area contributed by atoms with Crippen LogP contribution >= 0.6 is 11.6 Å². The standard InChI is InChI=1S/C12H11Cl/c13-12-8-4-7-11(9-12)10-5-2-1-3-6-10/h1-2,4-5,7-9H,3,6H2. The molecule has 1 aromatic carbocycles. The summed E-state index contributed by atoms with van der Waals surface area (Å²) in [7, 11) is 0. The van der Waals surface area contributed by atoms with Gasteiger partial charge in [0.2, 0.25) is 0 Å². The highest BCUT2D eigenvalue weighted by Gasteiger charge is 2.02. The molecule has 0 bridgehead atoms. The molecule has 2 rings (SSSR count). The predicted octanol–water partition coefficient (Wildman–Crippen LogP) is 4.07. The summed E-state index contributed by atoms with van der Waals surface area (Å²) in [6.07, 6.45) is 8.72. The second-order valence-electron chi connectivity index (χ2n) is 3.17. The summed E-state index contributed by atoms with van der Waals surface area (Å²) >= 11 is 5.92. The van der Waals surface area contributed by atoms with Crippen LogP contribution in [0.15, 0.2) is 42.5 Å². The fourth-order valence-electron chi connectivity index (χ4n) is 1.53. The van der Waals surface area contributed by atoms with Crippen molar-refractivity contribution in [3.8, 4) is 0 Å². The Kier molecular flexibility index (Phi) is 2.51. The van der Waals surface area contributed by atoms with Crippen LogP contribution in [0, 0.1) is 0 Å². The lowest BCUT2D eigenvalue weighted by atomic mass is 9.98.